The van der Waals surface area contributed by atoms with Crippen LogP contribution in [0.2, 0.25) is 0 Å². The summed E-state index contributed by atoms with van der Waals surface area (Å²) >= 11 is 0. The predicted molar refractivity (Wildman–Crippen MR) is 69.0 cm³/mol. The van der Waals surface area contributed by atoms with Gasteiger partial charge in [-0.1, -0.05) is 49.0 Å². The summed E-state index contributed by atoms with van der Waals surface area (Å²) in [5, 5.41) is 11.1. The lowest BCUT2D eigenvalue weighted by Gasteiger charge is -2.06. The van der Waals surface area contributed by atoms with E-state index in [1.54, 1.807) is 0 Å². The average Bonchev–Trinajstić information content (AvgIpc) is 2.35. The molecule has 0 heterocycles. The fourth-order valence-electron chi connectivity index (χ4n) is 1.90. The Hall–Kier alpha value is -2.09. The summed E-state index contributed by atoms with van der Waals surface area (Å²) < 4.78 is 0. The smallest absolute Gasteiger partial charge is 0.330 e. The van der Waals surface area contributed by atoms with Crippen LogP contribution in [0.5, 0.6) is 0 Å². The third-order valence-corrected chi connectivity index (χ3v) is 2.88. The minimum atomic E-state index is -0.912. The van der Waals surface area contributed by atoms with Crippen LogP contribution in [-0.4, -0.2) is 11.1 Å². The topological polar surface area (TPSA) is 37.3 Å². The average molecular weight is 226 g/mol. The molecule has 0 bridgehead atoms. The molecule has 2 nitrogen and oxygen atoms in total. The largest absolute Gasteiger partial charge is 0.478 e. The molecular weight excluding hydrogens is 212 g/mol. The van der Waals surface area contributed by atoms with E-state index in [0.29, 0.717) is 12.8 Å². The molecule has 2 heteroatoms. The molecule has 0 saturated carbocycles. The zero-order valence-electron chi connectivity index (χ0n) is 9.52. The Balaban J connectivity index is 2.24. The van der Waals surface area contributed by atoms with Gasteiger partial charge in [0.05, 0.1) is 0 Å². The molecular formula is C15H14O2. The van der Waals surface area contributed by atoms with Crippen LogP contribution in [0.25, 0.3) is 10.8 Å². The second-order valence-electron chi connectivity index (χ2n) is 4.05. The van der Waals surface area contributed by atoms with Gasteiger partial charge in [0.2, 0.25) is 0 Å². The molecule has 17 heavy (non-hydrogen) atoms. The first-order valence-electron chi connectivity index (χ1n) is 5.56. The van der Waals surface area contributed by atoms with E-state index in [0.717, 1.165) is 0 Å². The van der Waals surface area contributed by atoms with Gasteiger partial charge in [-0.3, -0.25) is 0 Å². The Kier molecular flexibility index (Phi) is 3.24. The quantitative estimate of drug-likeness (QED) is 0.811. The molecule has 0 aromatic heterocycles. The van der Waals surface area contributed by atoms with Gasteiger partial charge in [-0.2, -0.15) is 0 Å². The van der Waals surface area contributed by atoms with Gasteiger partial charge >= 0.3 is 5.97 Å². The lowest BCUT2D eigenvalue weighted by atomic mass is 9.99. The van der Waals surface area contributed by atoms with E-state index < -0.39 is 5.97 Å². The Morgan fingerprint density at radius 1 is 1.12 bits per heavy atom. The molecule has 0 unspecified atom stereocenters. The Labute approximate surface area is 100 Å². The van der Waals surface area contributed by atoms with Crippen molar-refractivity contribution in [3.05, 3.63) is 60.2 Å². The maximum atomic E-state index is 10.7. The van der Waals surface area contributed by atoms with Gasteiger partial charge in [-0.15, -0.1) is 0 Å². The summed E-state index contributed by atoms with van der Waals surface area (Å²) in [5.41, 5.74) is 1.43. The second-order valence-corrected chi connectivity index (χ2v) is 4.05. The molecule has 2 aromatic rings. The molecule has 2 rings (SSSR count). The van der Waals surface area contributed by atoms with Crippen LogP contribution in [0.1, 0.15) is 12.0 Å². The van der Waals surface area contributed by atoms with Crippen molar-refractivity contribution in [1.29, 1.82) is 0 Å². The summed E-state index contributed by atoms with van der Waals surface area (Å²) in [6, 6.07) is 14.2. The first kappa shape index (κ1) is 11.4. The fourth-order valence-corrected chi connectivity index (χ4v) is 1.90. The van der Waals surface area contributed by atoms with E-state index in [9.17, 15) is 4.79 Å². The lowest BCUT2D eigenvalue weighted by molar-refractivity contribution is -0.132. The Morgan fingerprint density at radius 2 is 1.82 bits per heavy atom. The highest BCUT2D eigenvalue weighted by atomic mass is 16.4. The summed E-state index contributed by atoms with van der Waals surface area (Å²) in [5.74, 6) is -0.912. The Bertz CT molecular complexity index is 565. The minimum absolute atomic E-state index is 0.262. The fraction of sp³-hybridized carbons (Fsp3) is 0.133. The van der Waals surface area contributed by atoms with Crippen LogP contribution in [0, 0.1) is 0 Å². The van der Waals surface area contributed by atoms with Crippen molar-refractivity contribution >= 4 is 16.7 Å². The first-order chi connectivity index (χ1) is 8.18. The van der Waals surface area contributed by atoms with Crippen molar-refractivity contribution in [3.8, 4) is 0 Å². The molecule has 0 fully saturated rings. The van der Waals surface area contributed by atoms with E-state index in [4.69, 9.17) is 5.11 Å². The molecule has 86 valence electrons. The van der Waals surface area contributed by atoms with Gasteiger partial charge in [0, 0.05) is 5.57 Å². The maximum absolute atomic E-state index is 10.7. The van der Waals surface area contributed by atoms with Crippen molar-refractivity contribution in [2.24, 2.45) is 0 Å². The number of rotatable bonds is 4. The third-order valence-electron chi connectivity index (χ3n) is 2.88. The highest BCUT2D eigenvalue weighted by Gasteiger charge is 2.05. The number of carbonyl (C=O) groups is 1. The standard InChI is InChI=1S/C15H14O2/c1-11(15(16)17)9-10-13-7-4-6-12-5-2-3-8-14(12)13/h2-8H,1,9-10H2,(H,16,17). The molecule has 0 saturated heterocycles. The number of aliphatic carboxylic acids is 1. The SMILES string of the molecule is C=C(CCc1cccc2ccccc12)C(=O)O. The van der Waals surface area contributed by atoms with E-state index in [1.807, 2.05) is 24.3 Å². The van der Waals surface area contributed by atoms with Crippen molar-refractivity contribution < 1.29 is 9.90 Å². The molecule has 0 aliphatic heterocycles. The zero-order chi connectivity index (χ0) is 12.3. The van der Waals surface area contributed by atoms with E-state index in [1.165, 1.54) is 16.3 Å². The summed E-state index contributed by atoms with van der Waals surface area (Å²) in [4.78, 5) is 10.7. The van der Waals surface area contributed by atoms with Crippen LogP contribution in [-0.2, 0) is 11.2 Å². The lowest BCUT2D eigenvalue weighted by Crippen LogP contribution is -2.00. The number of aryl methyl sites for hydroxylation is 1. The zero-order valence-corrected chi connectivity index (χ0v) is 9.52. The first-order valence-corrected chi connectivity index (χ1v) is 5.56. The van der Waals surface area contributed by atoms with Crippen LogP contribution in [0.4, 0.5) is 0 Å². The molecule has 0 radical (unpaired) electrons. The predicted octanol–water partition coefficient (Wildman–Crippen LogP) is 3.41. The van der Waals surface area contributed by atoms with Crippen LogP contribution >= 0.6 is 0 Å². The van der Waals surface area contributed by atoms with Crippen molar-refractivity contribution in [3.63, 3.8) is 0 Å². The highest BCUT2D eigenvalue weighted by Crippen LogP contribution is 2.20. The van der Waals surface area contributed by atoms with Crippen LogP contribution in [0.3, 0.4) is 0 Å². The van der Waals surface area contributed by atoms with Crippen LogP contribution < -0.4 is 0 Å². The highest BCUT2D eigenvalue weighted by molar-refractivity contribution is 5.87. The number of benzene rings is 2. The van der Waals surface area contributed by atoms with Gasteiger partial charge in [0.25, 0.3) is 0 Å². The molecule has 1 N–H and O–H groups in total. The summed E-state index contributed by atoms with van der Waals surface area (Å²) in [6.45, 7) is 3.55. The molecule has 0 amide bonds. The van der Waals surface area contributed by atoms with E-state index in [2.05, 4.69) is 24.8 Å². The van der Waals surface area contributed by atoms with Gasteiger partial charge in [-0.05, 0) is 29.2 Å². The molecule has 0 aliphatic carbocycles. The van der Waals surface area contributed by atoms with E-state index in [-0.39, 0.29) is 5.57 Å². The van der Waals surface area contributed by atoms with Crippen molar-refractivity contribution in [1.82, 2.24) is 0 Å². The van der Waals surface area contributed by atoms with Gasteiger partial charge < -0.3 is 5.11 Å². The van der Waals surface area contributed by atoms with Gasteiger partial charge in [0.15, 0.2) is 0 Å². The molecule has 0 spiro atoms. The van der Waals surface area contributed by atoms with Crippen molar-refractivity contribution in [2.75, 3.05) is 0 Å². The second kappa shape index (κ2) is 4.83. The molecule has 2 aromatic carbocycles. The molecule has 0 aliphatic rings. The number of hydrogen-bond donors (Lipinski definition) is 1. The third kappa shape index (κ3) is 2.53. The Morgan fingerprint density at radius 3 is 2.59 bits per heavy atom. The normalized spacial score (nSPS) is 10.4. The maximum Gasteiger partial charge on any atom is 0.330 e. The number of carboxylic acid groups (broad SMARTS) is 1. The summed E-state index contributed by atoms with van der Waals surface area (Å²) in [6.07, 6.45) is 1.20. The van der Waals surface area contributed by atoms with E-state index >= 15 is 0 Å². The van der Waals surface area contributed by atoms with Crippen molar-refractivity contribution in [2.45, 2.75) is 12.8 Å². The minimum Gasteiger partial charge on any atom is -0.478 e. The van der Waals surface area contributed by atoms with Gasteiger partial charge in [0.1, 0.15) is 0 Å². The molecule has 0 atom stereocenters. The van der Waals surface area contributed by atoms with Crippen LogP contribution in [0.15, 0.2) is 54.6 Å². The number of fused-ring (bicyclic) bond motifs is 1. The number of hydrogen-bond acceptors (Lipinski definition) is 1. The van der Waals surface area contributed by atoms with Gasteiger partial charge in [-0.25, -0.2) is 4.79 Å². The summed E-state index contributed by atoms with van der Waals surface area (Å²) in [7, 11) is 0. The monoisotopic (exact) mass is 226 g/mol. The number of carboxylic acids is 1.